The quantitative estimate of drug-likeness (QED) is 0.101. The number of ether oxygens (including phenoxy) is 2. The van der Waals surface area contributed by atoms with Crippen LogP contribution in [0.5, 0.6) is 23.0 Å². The lowest BCUT2D eigenvalue weighted by Gasteiger charge is -2.47. The molecule has 0 atom stereocenters. The summed E-state index contributed by atoms with van der Waals surface area (Å²) in [7, 11) is 0. The minimum atomic E-state index is -0.187. The normalized spacial score (nSPS) is 13.6. The highest BCUT2D eigenvalue weighted by Crippen LogP contribution is 2.54. The van der Waals surface area contributed by atoms with Crippen molar-refractivity contribution in [3.8, 4) is 45.3 Å². The Labute approximate surface area is 489 Å². The molecule has 82 heavy (non-hydrogen) atoms. The zero-order chi connectivity index (χ0) is 56.8. The first kappa shape index (κ1) is 53.6. The maximum absolute atomic E-state index is 7.90. The first-order valence-corrected chi connectivity index (χ1v) is 30.7. The lowest BCUT2D eigenvalue weighted by Crippen LogP contribution is -2.64. The number of rotatable bonds is 14. The molecular weight excluding hydrogens is 994 g/mol. The van der Waals surface area contributed by atoms with Gasteiger partial charge in [0, 0.05) is 33.7 Å². The Balaban J connectivity index is 1.15. The smallest absolute Gasteiger partial charge is 0.256 e. The molecule has 4 heterocycles. The first-order valence-electron chi connectivity index (χ1n) is 30.7. The summed E-state index contributed by atoms with van der Waals surface area (Å²) in [6, 6.07) is 65.7. The van der Waals surface area contributed by atoms with Gasteiger partial charge in [-0.3, -0.25) is 0 Å². The fourth-order valence-corrected chi connectivity index (χ4v) is 13.8. The third-order valence-electron chi connectivity index (χ3n) is 17.6. The summed E-state index contributed by atoms with van der Waals surface area (Å²) in [5, 5.41) is 0. The third-order valence-corrected chi connectivity index (χ3v) is 17.6. The van der Waals surface area contributed by atoms with E-state index in [9.17, 15) is 0 Å². The molecule has 0 bridgehead atoms. The number of anilines is 6. The second kappa shape index (κ2) is 21.2. The highest BCUT2D eigenvalue weighted by Gasteiger charge is 2.52. The lowest BCUT2D eigenvalue weighted by atomic mass is 9.31. The van der Waals surface area contributed by atoms with Gasteiger partial charge in [-0.15, -0.1) is 0 Å². The number of benzene rings is 9. The fraction of sp³-hybridized carbons (Fsp3) is 0.289. The van der Waals surface area contributed by atoms with Gasteiger partial charge < -0.3 is 19.3 Å². The average Bonchev–Trinajstić information content (AvgIpc) is 0.741. The number of hydrogen-bond acceptors (Lipinski definition) is 4. The van der Waals surface area contributed by atoms with E-state index in [0.29, 0.717) is 35.5 Å². The molecule has 9 aromatic carbocycles. The van der Waals surface area contributed by atoms with Gasteiger partial charge in [-0.05, 0) is 187 Å². The van der Waals surface area contributed by atoms with Gasteiger partial charge in [-0.2, -0.15) is 0 Å². The minimum absolute atomic E-state index is 0.187. The van der Waals surface area contributed by atoms with Crippen molar-refractivity contribution in [3.05, 3.63) is 203 Å². The summed E-state index contributed by atoms with van der Waals surface area (Å²) in [5.41, 5.74) is 26.6. The van der Waals surface area contributed by atoms with E-state index in [0.717, 1.165) is 82.4 Å². The van der Waals surface area contributed by atoms with Crippen molar-refractivity contribution in [2.24, 2.45) is 23.7 Å². The lowest BCUT2D eigenvalue weighted by molar-refractivity contribution is 0.477. The van der Waals surface area contributed by atoms with Gasteiger partial charge >= 0.3 is 0 Å². The van der Waals surface area contributed by atoms with Crippen molar-refractivity contribution >= 4 is 80.3 Å². The van der Waals surface area contributed by atoms with Gasteiger partial charge in [0.05, 0.1) is 11.4 Å². The second-order valence-corrected chi connectivity index (χ2v) is 26.5. The molecule has 4 aliphatic heterocycles. The molecule has 0 saturated heterocycles. The minimum Gasteiger partial charge on any atom is -0.456 e. The molecule has 4 aliphatic rings. The Hall–Kier alpha value is -7.69. The standard InChI is InChI=1S/C76H78B2N2O2/c1-45(2)37-51-13-29-61(30-14-51)79-67-33-17-53(39-47(5)6)41-63(67)77-65-43-59(57-23-19-55(20-24-57)49(9)10)28-36-70(65)82-76-71(77)73(79)75-72-74(76)80(62-31-15-52(16-32-62)38-46(3)4)68-34-18-54(40-48(7)8)42-64(68)78(72)66-44-60(27-35-69(66)81-75)58-25-21-56(22-26-58)50(11)12/h13-36,41-50H,37-40H2,1-12H3. The molecule has 0 unspecified atom stereocenters. The van der Waals surface area contributed by atoms with E-state index < -0.39 is 0 Å². The van der Waals surface area contributed by atoms with Gasteiger partial charge in [0.2, 0.25) is 0 Å². The zero-order valence-electron chi connectivity index (χ0n) is 50.3. The number of fused-ring (bicyclic) bond motifs is 10. The van der Waals surface area contributed by atoms with Crippen LogP contribution in [0.1, 0.15) is 128 Å². The summed E-state index contributed by atoms with van der Waals surface area (Å²) in [4.78, 5) is 5.09. The van der Waals surface area contributed by atoms with Crippen LogP contribution in [-0.2, 0) is 25.7 Å². The summed E-state index contributed by atoms with van der Waals surface area (Å²) < 4.78 is 15.8. The Morgan fingerprint density at radius 3 is 1.00 bits per heavy atom. The van der Waals surface area contributed by atoms with Crippen molar-refractivity contribution in [3.63, 3.8) is 0 Å². The Bertz CT molecular complexity index is 3640. The largest absolute Gasteiger partial charge is 0.456 e. The van der Waals surface area contributed by atoms with Gasteiger partial charge in [0.25, 0.3) is 13.4 Å². The summed E-state index contributed by atoms with van der Waals surface area (Å²) >= 11 is 0. The van der Waals surface area contributed by atoms with Crippen molar-refractivity contribution in [1.29, 1.82) is 0 Å². The molecule has 0 amide bonds. The summed E-state index contributed by atoms with van der Waals surface area (Å²) in [5.74, 6) is 6.51. The van der Waals surface area contributed by atoms with E-state index in [1.807, 2.05) is 0 Å². The molecular formula is C76H78B2N2O2. The van der Waals surface area contributed by atoms with Crippen LogP contribution >= 0.6 is 0 Å². The van der Waals surface area contributed by atoms with Gasteiger partial charge in [0.15, 0.2) is 0 Å². The molecule has 0 aliphatic carbocycles. The van der Waals surface area contributed by atoms with Crippen LogP contribution < -0.4 is 52.1 Å². The second-order valence-electron chi connectivity index (χ2n) is 26.5. The predicted molar refractivity (Wildman–Crippen MR) is 351 cm³/mol. The molecule has 0 radical (unpaired) electrons. The molecule has 9 aromatic rings. The van der Waals surface area contributed by atoms with Crippen LogP contribution in [0.2, 0.25) is 0 Å². The molecule has 4 nitrogen and oxygen atoms in total. The molecule has 0 saturated carbocycles. The average molecular weight is 1070 g/mol. The van der Waals surface area contributed by atoms with Gasteiger partial charge in [-0.25, -0.2) is 0 Å². The van der Waals surface area contributed by atoms with Crippen LogP contribution in [-0.4, -0.2) is 13.4 Å². The topological polar surface area (TPSA) is 24.9 Å². The van der Waals surface area contributed by atoms with Crippen LogP contribution in [0.15, 0.2) is 170 Å². The molecule has 0 spiro atoms. The highest BCUT2D eigenvalue weighted by atomic mass is 16.5. The first-order chi connectivity index (χ1) is 39.6. The van der Waals surface area contributed by atoms with Crippen molar-refractivity contribution in [2.45, 2.75) is 121 Å². The summed E-state index contributed by atoms with van der Waals surface area (Å²) in [6.07, 6.45) is 3.99. The van der Waals surface area contributed by atoms with E-state index in [1.165, 1.54) is 88.9 Å². The zero-order valence-corrected chi connectivity index (χ0v) is 50.3. The molecule has 0 aromatic heterocycles. The molecule has 0 N–H and O–H groups in total. The van der Waals surface area contributed by atoms with Crippen molar-refractivity contribution < 1.29 is 9.47 Å². The van der Waals surface area contributed by atoms with E-state index in [1.54, 1.807) is 0 Å². The van der Waals surface area contributed by atoms with Crippen molar-refractivity contribution in [2.75, 3.05) is 9.80 Å². The molecule has 13 rings (SSSR count). The van der Waals surface area contributed by atoms with Crippen LogP contribution in [0.4, 0.5) is 34.1 Å². The summed E-state index contributed by atoms with van der Waals surface area (Å²) in [6.45, 7) is 27.3. The van der Waals surface area contributed by atoms with Crippen LogP contribution in [0, 0.1) is 23.7 Å². The Morgan fingerprint density at radius 2 is 0.659 bits per heavy atom. The molecule has 410 valence electrons. The van der Waals surface area contributed by atoms with Crippen molar-refractivity contribution in [1.82, 2.24) is 0 Å². The Morgan fingerprint density at radius 1 is 0.329 bits per heavy atom. The maximum atomic E-state index is 7.90. The maximum Gasteiger partial charge on any atom is 0.256 e. The Kier molecular flexibility index (Phi) is 13.9. The monoisotopic (exact) mass is 1070 g/mol. The molecule has 6 heteroatoms. The van der Waals surface area contributed by atoms with E-state index in [-0.39, 0.29) is 13.4 Å². The van der Waals surface area contributed by atoms with E-state index >= 15 is 0 Å². The number of nitrogens with zero attached hydrogens (tertiary/aromatic N) is 2. The predicted octanol–water partition coefficient (Wildman–Crippen LogP) is 16.9. The van der Waals surface area contributed by atoms with Crippen LogP contribution in [0.25, 0.3) is 22.3 Å². The fourth-order valence-electron chi connectivity index (χ4n) is 13.8. The van der Waals surface area contributed by atoms with E-state index in [2.05, 4.69) is 263 Å². The van der Waals surface area contributed by atoms with Gasteiger partial charge in [-0.1, -0.05) is 204 Å². The SMILES string of the molecule is CC(C)Cc1ccc(N2c3ccc(CC(C)C)cc3B3c4cc(-c5ccc(C(C)C)cc5)ccc4Oc4c3c2c2c3c4N(c4ccc(CC(C)C)cc4)c4ccc(CC(C)C)cc4B3c3cc(-c4ccc(C(C)C)cc4)ccc3O2)cc1. The highest BCUT2D eigenvalue weighted by molar-refractivity contribution is 7.02. The van der Waals surface area contributed by atoms with Crippen LogP contribution in [0.3, 0.4) is 0 Å². The molecule has 0 fully saturated rings. The van der Waals surface area contributed by atoms with Gasteiger partial charge in [0.1, 0.15) is 23.0 Å². The van der Waals surface area contributed by atoms with E-state index in [4.69, 9.17) is 9.47 Å². The third kappa shape index (κ3) is 9.54. The number of hydrogen-bond donors (Lipinski definition) is 0.